The summed E-state index contributed by atoms with van der Waals surface area (Å²) in [5, 5.41) is 6.82. The lowest BCUT2D eigenvalue weighted by Crippen LogP contribution is -2.28. The molecule has 0 bridgehead atoms. The van der Waals surface area contributed by atoms with Gasteiger partial charge in [0.2, 0.25) is 5.91 Å². The fourth-order valence-corrected chi connectivity index (χ4v) is 3.28. The third kappa shape index (κ3) is 3.55. The van der Waals surface area contributed by atoms with E-state index in [9.17, 15) is 9.18 Å². The van der Waals surface area contributed by atoms with E-state index in [4.69, 9.17) is 4.52 Å². The number of nitrogens with zero attached hydrogens (tertiary/aromatic N) is 3. The number of carbonyl (C=O) groups is 1. The van der Waals surface area contributed by atoms with Crippen molar-refractivity contribution in [3.63, 3.8) is 0 Å². The number of pyridine rings is 1. The van der Waals surface area contributed by atoms with Crippen LogP contribution >= 0.6 is 0 Å². The van der Waals surface area contributed by atoms with Crippen LogP contribution in [-0.2, 0) is 17.8 Å². The zero-order valence-electron chi connectivity index (χ0n) is 15.6. The van der Waals surface area contributed by atoms with E-state index in [1.54, 1.807) is 24.6 Å². The Balaban J connectivity index is 1.43. The van der Waals surface area contributed by atoms with Gasteiger partial charge in [-0.05, 0) is 43.2 Å². The molecule has 1 atom stereocenters. The van der Waals surface area contributed by atoms with Gasteiger partial charge in [-0.3, -0.25) is 14.8 Å². The Bertz CT molecular complexity index is 1060. The largest absolute Gasteiger partial charge is 0.364 e. The van der Waals surface area contributed by atoms with E-state index in [-0.39, 0.29) is 24.2 Å². The van der Waals surface area contributed by atoms with Gasteiger partial charge in [0.05, 0.1) is 41.7 Å². The SMILES string of the molecule is Cc1nocc1C1=NCc2cc(CC(=O)N[C@H](C)c3ccc(F)cc3)ncc21. The van der Waals surface area contributed by atoms with Gasteiger partial charge in [-0.2, -0.15) is 0 Å². The van der Waals surface area contributed by atoms with Crippen LogP contribution in [0.5, 0.6) is 0 Å². The minimum absolute atomic E-state index is 0.140. The van der Waals surface area contributed by atoms with Crippen LogP contribution in [0.2, 0.25) is 0 Å². The molecule has 3 aromatic rings. The van der Waals surface area contributed by atoms with E-state index >= 15 is 0 Å². The second-order valence-corrected chi connectivity index (χ2v) is 6.83. The van der Waals surface area contributed by atoms with Crippen molar-refractivity contribution in [2.24, 2.45) is 4.99 Å². The van der Waals surface area contributed by atoms with Crippen molar-refractivity contribution in [3.05, 3.63) is 82.3 Å². The van der Waals surface area contributed by atoms with E-state index < -0.39 is 0 Å². The molecule has 0 radical (unpaired) electrons. The summed E-state index contributed by atoms with van der Waals surface area (Å²) < 4.78 is 18.0. The Hall–Kier alpha value is -3.35. The average Bonchev–Trinajstić information content (AvgIpc) is 3.27. The number of carbonyl (C=O) groups excluding carboxylic acids is 1. The highest BCUT2D eigenvalue weighted by Gasteiger charge is 2.22. The lowest BCUT2D eigenvalue weighted by Gasteiger charge is -2.14. The summed E-state index contributed by atoms with van der Waals surface area (Å²) in [5.41, 5.74) is 5.96. The van der Waals surface area contributed by atoms with E-state index in [1.165, 1.54) is 12.1 Å². The highest BCUT2D eigenvalue weighted by molar-refractivity contribution is 6.15. The Morgan fingerprint density at radius 2 is 2.07 bits per heavy atom. The molecule has 7 heteroatoms. The van der Waals surface area contributed by atoms with Gasteiger partial charge in [0.15, 0.2) is 0 Å². The molecule has 1 aromatic carbocycles. The molecule has 1 aliphatic heterocycles. The summed E-state index contributed by atoms with van der Waals surface area (Å²) in [6.45, 7) is 4.27. The number of halogens is 1. The predicted molar refractivity (Wildman–Crippen MR) is 101 cm³/mol. The van der Waals surface area contributed by atoms with E-state index in [0.29, 0.717) is 12.2 Å². The monoisotopic (exact) mass is 378 g/mol. The first kappa shape index (κ1) is 18.0. The van der Waals surface area contributed by atoms with Gasteiger partial charge in [0.25, 0.3) is 0 Å². The molecule has 6 nitrogen and oxygen atoms in total. The molecule has 0 saturated heterocycles. The molecule has 3 heterocycles. The highest BCUT2D eigenvalue weighted by Crippen LogP contribution is 2.24. The number of fused-ring (bicyclic) bond motifs is 1. The van der Waals surface area contributed by atoms with Crippen molar-refractivity contribution in [1.29, 1.82) is 0 Å². The number of benzene rings is 1. The lowest BCUT2D eigenvalue weighted by atomic mass is 10.0. The molecule has 1 amide bonds. The first-order valence-corrected chi connectivity index (χ1v) is 9.00. The zero-order chi connectivity index (χ0) is 19.7. The molecule has 0 spiro atoms. The summed E-state index contributed by atoms with van der Waals surface area (Å²) in [5.74, 6) is -0.439. The first-order valence-electron chi connectivity index (χ1n) is 9.00. The van der Waals surface area contributed by atoms with Gasteiger partial charge in [-0.25, -0.2) is 4.39 Å². The summed E-state index contributed by atoms with van der Waals surface area (Å²) in [4.78, 5) is 21.4. The summed E-state index contributed by atoms with van der Waals surface area (Å²) in [6, 6.07) is 7.80. The van der Waals surface area contributed by atoms with Gasteiger partial charge >= 0.3 is 0 Å². The number of aryl methyl sites for hydroxylation is 1. The van der Waals surface area contributed by atoms with Crippen molar-refractivity contribution in [2.45, 2.75) is 32.9 Å². The van der Waals surface area contributed by atoms with Crippen molar-refractivity contribution in [2.75, 3.05) is 0 Å². The fourth-order valence-electron chi connectivity index (χ4n) is 3.28. The second-order valence-electron chi connectivity index (χ2n) is 6.83. The van der Waals surface area contributed by atoms with Crippen LogP contribution in [0.15, 0.2) is 52.3 Å². The molecular formula is C21H19FN4O2. The van der Waals surface area contributed by atoms with Gasteiger partial charge in [-0.15, -0.1) is 0 Å². The molecule has 0 aliphatic carbocycles. The van der Waals surface area contributed by atoms with Gasteiger partial charge < -0.3 is 9.84 Å². The van der Waals surface area contributed by atoms with Crippen LogP contribution in [-0.4, -0.2) is 21.8 Å². The third-order valence-electron chi connectivity index (χ3n) is 4.80. The maximum absolute atomic E-state index is 13.0. The fraction of sp³-hybridized carbons (Fsp3) is 0.238. The van der Waals surface area contributed by atoms with Crippen LogP contribution < -0.4 is 5.32 Å². The Morgan fingerprint density at radius 3 is 2.79 bits per heavy atom. The molecule has 1 aliphatic rings. The van der Waals surface area contributed by atoms with Crippen molar-refractivity contribution >= 4 is 11.6 Å². The van der Waals surface area contributed by atoms with Crippen LogP contribution in [0.3, 0.4) is 0 Å². The number of aromatic nitrogens is 2. The van der Waals surface area contributed by atoms with Crippen molar-refractivity contribution < 1.29 is 13.7 Å². The van der Waals surface area contributed by atoms with Crippen LogP contribution in [0.4, 0.5) is 4.39 Å². The zero-order valence-corrected chi connectivity index (χ0v) is 15.6. The first-order chi connectivity index (χ1) is 13.5. The summed E-state index contributed by atoms with van der Waals surface area (Å²) in [6.07, 6.45) is 3.50. The Kier molecular flexibility index (Phi) is 4.73. The van der Waals surface area contributed by atoms with Crippen LogP contribution in [0, 0.1) is 12.7 Å². The molecule has 4 rings (SSSR count). The topological polar surface area (TPSA) is 80.4 Å². The molecule has 2 aromatic heterocycles. The van der Waals surface area contributed by atoms with Crippen molar-refractivity contribution in [3.8, 4) is 0 Å². The second kappa shape index (κ2) is 7.34. The number of rotatable bonds is 5. The molecule has 0 fully saturated rings. The Labute approximate surface area is 161 Å². The average molecular weight is 378 g/mol. The quantitative estimate of drug-likeness (QED) is 0.739. The van der Waals surface area contributed by atoms with E-state index in [2.05, 4.69) is 20.4 Å². The number of hydrogen-bond acceptors (Lipinski definition) is 5. The predicted octanol–water partition coefficient (Wildman–Crippen LogP) is 3.29. The highest BCUT2D eigenvalue weighted by atomic mass is 19.1. The molecule has 142 valence electrons. The van der Waals surface area contributed by atoms with Crippen LogP contribution in [0.1, 0.15) is 46.6 Å². The normalized spacial score (nSPS) is 13.8. The molecule has 0 saturated carbocycles. The van der Waals surface area contributed by atoms with Gasteiger partial charge in [0, 0.05) is 11.8 Å². The molecule has 28 heavy (non-hydrogen) atoms. The minimum Gasteiger partial charge on any atom is -0.364 e. The minimum atomic E-state index is -0.299. The maximum Gasteiger partial charge on any atom is 0.226 e. The number of aliphatic imine (C=N–C) groups is 1. The maximum atomic E-state index is 13.0. The molecule has 0 unspecified atom stereocenters. The molecular weight excluding hydrogens is 359 g/mol. The number of amides is 1. The molecule has 1 N–H and O–H groups in total. The van der Waals surface area contributed by atoms with Gasteiger partial charge in [0.1, 0.15) is 12.1 Å². The van der Waals surface area contributed by atoms with Crippen LogP contribution in [0.25, 0.3) is 0 Å². The third-order valence-corrected chi connectivity index (χ3v) is 4.80. The standard InChI is InChI=1S/C21H19FN4O2/c1-12(14-3-5-16(22)6-4-14)25-20(27)8-17-7-15-9-24-21(18(15)10-23-17)19-11-28-26-13(19)2/h3-7,10-12H,8-9H2,1-2H3,(H,25,27)/t12-/m1/s1. The van der Waals surface area contributed by atoms with E-state index in [1.807, 2.05) is 19.9 Å². The van der Waals surface area contributed by atoms with Crippen molar-refractivity contribution in [1.82, 2.24) is 15.5 Å². The smallest absolute Gasteiger partial charge is 0.226 e. The number of nitrogens with one attached hydrogen (secondary N) is 1. The van der Waals surface area contributed by atoms with E-state index in [0.717, 1.165) is 33.7 Å². The van der Waals surface area contributed by atoms with Gasteiger partial charge in [-0.1, -0.05) is 17.3 Å². The summed E-state index contributed by atoms with van der Waals surface area (Å²) in [7, 11) is 0. The lowest BCUT2D eigenvalue weighted by molar-refractivity contribution is -0.121. The number of hydrogen-bond donors (Lipinski definition) is 1. The Morgan fingerprint density at radius 1 is 1.29 bits per heavy atom. The summed E-state index contributed by atoms with van der Waals surface area (Å²) >= 11 is 0.